The summed E-state index contributed by atoms with van der Waals surface area (Å²) in [5, 5.41) is 10.6. The van der Waals surface area contributed by atoms with E-state index in [2.05, 4.69) is 30.0 Å². The van der Waals surface area contributed by atoms with E-state index in [9.17, 15) is 9.90 Å². The second kappa shape index (κ2) is 14.8. The molecule has 45 heavy (non-hydrogen) atoms. The maximum atomic E-state index is 12.1. The number of rotatable bonds is 12. The molecule has 1 fully saturated rings. The second-order valence-corrected chi connectivity index (χ2v) is 12.6. The van der Waals surface area contributed by atoms with E-state index < -0.39 is 11.5 Å². The highest BCUT2D eigenvalue weighted by Crippen LogP contribution is 2.40. The van der Waals surface area contributed by atoms with E-state index in [-0.39, 0.29) is 26.2 Å². The number of nitrogens with zero attached hydrogens (tertiary/aromatic N) is 1. The summed E-state index contributed by atoms with van der Waals surface area (Å²) in [5.74, 6) is 2.48. The third-order valence-corrected chi connectivity index (χ3v) is 8.05. The van der Waals surface area contributed by atoms with Crippen molar-refractivity contribution in [2.75, 3.05) is 39.8 Å². The molecule has 0 aromatic heterocycles. The number of carbonyl (C=O) groups excluding carboxylic acids is 1. The molecule has 2 heterocycles. The van der Waals surface area contributed by atoms with Crippen molar-refractivity contribution in [3.8, 4) is 23.0 Å². The number of piperidine rings is 1. The van der Waals surface area contributed by atoms with Crippen LogP contribution in [0.4, 0.5) is 0 Å². The van der Waals surface area contributed by atoms with Gasteiger partial charge in [-0.2, -0.15) is 0 Å². The van der Waals surface area contributed by atoms with Crippen LogP contribution < -0.4 is 18.9 Å². The Hall–Kier alpha value is -4.01. The van der Waals surface area contributed by atoms with E-state index >= 15 is 0 Å². The standard InChI is InChI=1S/C37H45NO7/c1-5-32(28-13-18-33-34(21-28)44-25-43-33)35(27-11-16-31(17-12-27)42-24-45-36(40)37(2,3)4)26-9-14-30(15-10-26)41-23-29(39)22-38-19-7-6-8-20-38/h9-18,21,29,39H,5-8,19-20,22-25H2,1-4H3/b35-32+. The molecule has 240 valence electrons. The van der Waals surface area contributed by atoms with Gasteiger partial charge in [-0.25, -0.2) is 0 Å². The van der Waals surface area contributed by atoms with Crippen LogP contribution in [-0.4, -0.2) is 61.9 Å². The van der Waals surface area contributed by atoms with Crippen LogP contribution in [-0.2, 0) is 9.53 Å². The average molecular weight is 616 g/mol. The van der Waals surface area contributed by atoms with Gasteiger partial charge in [0.15, 0.2) is 11.5 Å². The summed E-state index contributed by atoms with van der Waals surface area (Å²) in [6.07, 6.45) is 3.90. The van der Waals surface area contributed by atoms with Crippen molar-refractivity contribution < 1.29 is 33.6 Å². The van der Waals surface area contributed by atoms with Crippen LogP contribution in [0.3, 0.4) is 0 Å². The van der Waals surface area contributed by atoms with Crippen molar-refractivity contribution >= 4 is 17.1 Å². The Balaban J connectivity index is 1.36. The number of hydrogen-bond donors (Lipinski definition) is 1. The fourth-order valence-electron chi connectivity index (χ4n) is 5.61. The Morgan fingerprint density at radius 1 is 0.844 bits per heavy atom. The summed E-state index contributed by atoms with van der Waals surface area (Å²) < 4.78 is 28.2. The minimum atomic E-state index is -0.592. The highest BCUT2D eigenvalue weighted by atomic mass is 16.7. The lowest BCUT2D eigenvalue weighted by atomic mass is 9.88. The number of ether oxygens (including phenoxy) is 5. The largest absolute Gasteiger partial charge is 0.491 e. The molecular formula is C37H45NO7. The van der Waals surface area contributed by atoms with Gasteiger partial charge in [0.1, 0.15) is 24.2 Å². The van der Waals surface area contributed by atoms with Gasteiger partial charge in [-0.15, -0.1) is 0 Å². The van der Waals surface area contributed by atoms with Crippen molar-refractivity contribution in [1.82, 2.24) is 4.90 Å². The highest BCUT2D eigenvalue weighted by molar-refractivity contribution is 5.99. The molecule has 0 amide bonds. The first kappa shape index (κ1) is 32.4. The number of benzene rings is 3. The molecule has 5 rings (SSSR count). The number of esters is 1. The summed E-state index contributed by atoms with van der Waals surface area (Å²) in [7, 11) is 0. The molecule has 0 bridgehead atoms. The minimum Gasteiger partial charge on any atom is -0.491 e. The number of allylic oxidation sites excluding steroid dienone is 1. The topological polar surface area (TPSA) is 86.7 Å². The Morgan fingerprint density at radius 2 is 1.44 bits per heavy atom. The highest BCUT2D eigenvalue weighted by Gasteiger charge is 2.23. The van der Waals surface area contributed by atoms with E-state index in [0.29, 0.717) is 18.0 Å². The number of β-amino-alcohol motifs (C(OH)–C–C–N with tert-alkyl or cyclic N) is 1. The van der Waals surface area contributed by atoms with E-state index in [1.165, 1.54) is 19.3 Å². The van der Waals surface area contributed by atoms with Gasteiger partial charge in [-0.3, -0.25) is 4.79 Å². The molecule has 2 aliphatic heterocycles. The molecule has 0 saturated carbocycles. The minimum absolute atomic E-state index is 0.149. The Labute approximate surface area is 266 Å². The molecule has 1 atom stereocenters. The van der Waals surface area contributed by atoms with Crippen LogP contribution in [0.15, 0.2) is 66.7 Å². The molecule has 1 unspecified atom stereocenters. The van der Waals surface area contributed by atoms with Gasteiger partial charge in [0, 0.05) is 6.54 Å². The van der Waals surface area contributed by atoms with Crippen molar-refractivity contribution in [2.24, 2.45) is 5.41 Å². The number of aliphatic hydroxyl groups excluding tert-OH is 1. The molecule has 8 nitrogen and oxygen atoms in total. The molecule has 0 spiro atoms. The molecule has 8 heteroatoms. The summed E-state index contributed by atoms with van der Waals surface area (Å²) >= 11 is 0. The number of hydrogen-bond acceptors (Lipinski definition) is 8. The van der Waals surface area contributed by atoms with Gasteiger partial charge in [0.25, 0.3) is 0 Å². The van der Waals surface area contributed by atoms with Crippen LogP contribution in [0.5, 0.6) is 23.0 Å². The zero-order valence-corrected chi connectivity index (χ0v) is 26.8. The average Bonchev–Trinajstić information content (AvgIpc) is 3.52. The van der Waals surface area contributed by atoms with Crippen LogP contribution in [0.2, 0.25) is 0 Å². The fraction of sp³-hybridized carbons (Fsp3) is 0.432. The summed E-state index contributed by atoms with van der Waals surface area (Å²) in [6, 6.07) is 21.9. The van der Waals surface area contributed by atoms with E-state index in [0.717, 1.165) is 58.8 Å². The van der Waals surface area contributed by atoms with E-state index in [1.54, 1.807) is 0 Å². The molecule has 3 aromatic rings. The van der Waals surface area contributed by atoms with Crippen LogP contribution >= 0.6 is 0 Å². The monoisotopic (exact) mass is 615 g/mol. The SMILES string of the molecule is CC/C(=C(\c1ccc(OCOC(=O)C(C)(C)C)cc1)c1ccc(OCC(O)CN2CCCCC2)cc1)c1ccc2c(c1)OCO2. The molecule has 1 saturated heterocycles. The lowest BCUT2D eigenvalue weighted by Crippen LogP contribution is -2.38. The van der Waals surface area contributed by atoms with E-state index in [1.807, 2.05) is 69.3 Å². The molecule has 0 radical (unpaired) electrons. The number of carbonyl (C=O) groups is 1. The number of aliphatic hydroxyl groups is 1. The van der Waals surface area contributed by atoms with Gasteiger partial charge >= 0.3 is 5.97 Å². The van der Waals surface area contributed by atoms with Crippen molar-refractivity contribution in [3.63, 3.8) is 0 Å². The first-order valence-electron chi connectivity index (χ1n) is 15.9. The van der Waals surface area contributed by atoms with E-state index in [4.69, 9.17) is 23.7 Å². The maximum Gasteiger partial charge on any atom is 0.314 e. The van der Waals surface area contributed by atoms with Gasteiger partial charge in [0.2, 0.25) is 13.6 Å². The van der Waals surface area contributed by atoms with Crippen LogP contribution in [0, 0.1) is 5.41 Å². The molecular weight excluding hydrogens is 570 g/mol. The number of likely N-dealkylation sites (tertiary alicyclic amines) is 1. The summed E-state index contributed by atoms with van der Waals surface area (Å²) in [4.78, 5) is 14.4. The Morgan fingerprint density at radius 3 is 2.07 bits per heavy atom. The van der Waals surface area contributed by atoms with Gasteiger partial charge in [-0.05, 0) is 117 Å². The molecule has 1 N–H and O–H groups in total. The van der Waals surface area contributed by atoms with Gasteiger partial charge in [0.05, 0.1) is 5.41 Å². The van der Waals surface area contributed by atoms with Crippen molar-refractivity contribution in [3.05, 3.63) is 83.4 Å². The van der Waals surface area contributed by atoms with Gasteiger partial charge < -0.3 is 33.7 Å². The summed E-state index contributed by atoms with van der Waals surface area (Å²) in [5.41, 5.74) is 4.71. The molecule has 3 aromatic carbocycles. The predicted molar refractivity (Wildman–Crippen MR) is 174 cm³/mol. The quantitative estimate of drug-likeness (QED) is 0.133. The number of fused-ring (bicyclic) bond motifs is 1. The normalized spacial score (nSPS) is 16.1. The fourth-order valence-corrected chi connectivity index (χ4v) is 5.61. The van der Waals surface area contributed by atoms with Crippen LogP contribution in [0.25, 0.3) is 11.1 Å². The Kier molecular flexibility index (Phi) is 10.7. The zero-order valence-electron chi connectivity index (χ0n) is 26.8. The molecule has 2 aliphatic rings. The van der Waals surface area contributed by atoms with Gasteiger partial charge in [-0.1, -0.05) is 43.7 Å². The lowest BCUT2D eigenvalue weighted by Gasteiger charge is -2.28. The lowest BCUT2D eigenvalue weighted by molar-refractivity contribution is -0.159. The third kappa shape index (κ3) is 8.59. The first-order valence-corrected chi connectivity index (χ1v) is 15.9. The van der Waals surface area contributed by atoms with Crippen LogP contribution in [0.1, 0.15) is 70.1 Å². The predicted octanol–water partition coefficient (Wildman–Crippen LogP) is 6.94. The second-order valence-electron chi connectivity index (χ2n) is 12.6. The first-order chi connectivity index (χ1) is 21.7. The van der Waals surface area contributed by atoms with Crippen molar-refractivity contribution in [2.45, 2.75) is 59.5 Å². The van der Waals surface area contributed by atoms with Crippen molar-refractivity contribution in [1.29, 1.82) is 0 Å². The zero-order chi connectivity index (χ0) is 31.8. The smallest absolute Gasteiger partial charge is 0.314 e. The molecule has 0 aliphatic carbocycles. The third-order valence-electron chi connectivity index (χ3n) is 8.05. The maximum absolute atomic E-state index is 12.1. The summed E-state index contributed by atoms with van der Waals surface area (Å²) in [6.45, 7) is 10.6. The Bertz CT molecular complexity index is 1450.